The number of aryl methyl sites for hydroxylation is 1. The number of rotatable bonds is 0. The molecule has 1 aliphatic rings. The second kappa shape index (κ2) is 2.61. The zero-order chi connectivity index (χ0) is 8.55. The summed E-state index contributed by atoms with van der Waals surface area (Å²) in [5, 5.41) is 12.8. The van der Waals surface area contributed by atoms with Crippen molar-refractivity contribution >= 4 is 0 Å². The smallest absolute Gasteiger partial charge is 0.168 e. The third kappa shape index (κ3) is 0.908. The standard InChI is InChI=1S/C8H9N3O/c1-11-8-2-3-12-5-6(8)7(4-9)10-11/h2-3,5H2,1H3. The van der Waals surface area contributed by atoms with Crippen LogP contribution in [0.2, 0.25) is 0 Å². The molecule has 1 aromatic rings. The molecule has 0 aromatic carbocycles. The van der Waals surface area contributed by atoms with Gasteiger partial charge in [0, 0.05) is 24.7 Å². The third-order valence-electron chi connectivity index (χ3n) is 2.11. The average molecular weight is 163 g/mol. The zero-order valence-corrected chi connectivity index (χ0v) is 6.87. The fourth-order valence-corrected chi connectivity index (χ4v) is 1.50. The Morgan fingerprint density at radius 3 is 3.25 bits per heavy atom. The van der Waals surface area contributed by atoms with Crippen LogP contribution in [-0.2, 0) is 24.8 Å². The molecule has 0 unspecified atom stereocenters. The predicted molar refractivity (Wildman–Crippen MR) is 41.3 cm³/mol. The van der Waals surface area contributed by atoms with Gasteiger partial charge in [0.05, 0.1) is 13.2 Å². The van der Waals surface area contributed by atoms with Gasteiger partial charge in [-0.05, 0) is 0 Å². The molecule has 4 heteroatoms. The Hall–Kier alpha value is -1.34. The number of aromatic nitrogens is 2. The molecule has 0 amide bonds. The van der Waals surface area contributed by atoms with E-state index in [0.717, 1.165) is 24.3 Å². The maximum Gasteiger partial charge on any atom is 0.168 e. The third-order valence-corrected chi connectivity index (χ3v) is 2.11. The summed E-state index contributed by atoms with van der Waals surface area (Å²) in [4.78, 5) is 0. The van der Waals surface area contributed by atoms with Gasteiger partial charge in [-0.3, -0.25) is 4.68 Å². The van der Waals surface area contributed by atoms with Gasteiger partial charge in [-0.2, -0.15) is 10.4 Å². The summed E-state index contributed by atoms with van der Waals surface area (Å²) >= 11 is 0. The summed E-state index contributed by atoms with van der Waals surface area (Å²) in [5.74, 6) is 0. The first-order chi connectivity index (χ1) is 5.83. The SMILES string of the molecule is Cn1nc(C#N)c2c1CCOC2. The summed E-state index contributed by atoms with van der Waals surface area (Å²) < 4.78 is 7.02. The van der Waals surface area contributed by atoms with Gasteiger partial charge in [0.1, 0.15) is 6.07 Å². The number of hydrogen-bond acceptors (Lipinski definition) is 3. The van der Waals surface area contributed by atoms with Gasteiger partial charge in [-0.25, -0.2) is 0 Å². The molecule has 0 bridgehead atoms. The Kier molecular flexibility index (Phi) is 1.59. The minimum absolute atomic E-state index is 0.507. The first-order valence-corrected chi connectivity index (χ1v) is 3.85. The normalized spacial score (nSPS) is 15.3. The highest BCUT2D eigenvalue weighted by Crippen LogP contribution is 2.18. The highest BCUT2D eigenvalue weighted by Gasteiger charge is 2.18. The summed E-state index contributed by atoms with van der Waals surface area (Å²) in [6.07, 6.45) is 0.862. The molecule has 0 saturated heterocycles. The molecule has 2 heterocycles. The van der Waals surface area contributed by atoms with Crippen molar-refractivity contribution in [1.82, 2.24) is 9.78 Å². The molecule has 0 spiro atoms. The lowest BCUT2D eigenvalue weighted by Crippen LogP contribution is -2.11. The molecule has 0 atom stereocenters. The molecular formula is C8H9N3O. The number of fused-ring (bicyclic) bond motifs is 1. The molecule has 0 N–H and O–H groups in total. The van der Waals surface area contributed by atoms with Crippen LogP contribution in [0.3, 0.4) is 0 Å². The van der Waals surface area contributed by atoms with Crippen molar-refractivity contribution in [2.45, 2.75) is 13.0 Å². The lowest BCUT2D eigenvalue weighted by Gasteiger charge is -2.12. The summed E-state index contributed by atoms with van der Waals surface area (Å²) in [7, 11) is 1.87. The molecule has 1 aliphatic heterocycles. The molecule has 0 fully saturated rings. The Bertz CT molecular complexity index is 348. The van der Waals surface area contributed by atoms with Gasteiger partial charge in [0.25, 0.3) is 0 Å². The quantitative estimate of drug-likeness (QED) is 0.555. The van der Waals surface area contributed by atoms with E-state index in [1.54, 1.807) is 4.68 Å². The molecule has 0 saturated carbocycles. The van der Waals surface area contributed by atoms with Crippen molar-refractivity contribution in [3.8, 4) is 6.07 Å². The Balaban J connectivity index is 2.56. The van der Waals surface area contributed by atoms with Crippen molar-refractivity contribution in [2.24, 2.45) is 7.05 Å². The number of nitriles is 1. The summed E-state index contributed by atoms with van der Waals surface area (Å²) in [6, 6.07) is 2.06. The molecule has 0 aliphatic carbocycles. The van der Waals surface area contributed by atoms with Crippen LogP contribution in [0.25, 0.3) is 0 Å². The van der Waals surface area contributed by atoms with Crippen LogP contribution < -0.4 is 0 Å². The van der Waals surface area contributed by atoms with E-state index in [0.29, 0.717) is 12.3 Å². The molecule has 62 valence electrons. The van der Waals surface area contributed by atoms with Gasteiger partial charge >= 0.3 is 0 Å². The maximum atomic E-state index is 8.73. The van der Waals surface area contributed by atoms with Gasteiger partial charge in [0.15, 0.2) is 5.69 Å². The average Bonchev–Trinajstić information content (AvgIpc) is 2.44. The van der Waals surface area contributed by atoms with Crippen LogP contribution in [-0.4, -0.2) is 16.4 Å². The van der Waals surface area contributed by atoms with E-state index in [1.807, 2.05) is 7.05 Å². The minimum atomic E-state index is 0.507. The Labute approximate surface area is 70.4 Å². The van der Waals surface area contributed by atoms with Crippen LogP contribution >= 0.6 is 0 Å². The van der Waals surface area contributed by atoms with E-state index in [1.165, 1.54) is 0 Å². The second-order valence-corrected chi connectivity index (χ2v) is 2.81. The zero-order valence-electron chi connectivity index (χ0n) is 6.87. The predicted octanol–water partition coefficient (Wildman–Crippen LogP) is 0.364. The molecule has 12 heavy (non-hydrogen) atoms. The van der Waals surface area contributed by atoms with Gasteiger partial charge in [-0.15, -0.1) is 0 Å². The molecule has 0 radical (unpaired) electrons. The molecule has 1 aromatic heterocycles. The van der Waals surface area contributed by atoms with Crippen LogP contribution in [0.15, 0.2) is 0 Å². The Morgan fingerprint density at radius 1 is 1.67 bits per heavy atom. The number of ether oxygens (including phenoxy) is 1. The molecular weight excluding hydrogens is 154 g/mol. The van der Waals surface area contributed by atoms with E-state index in [4.69, 9.17) is 10.00 Å². The van der Waals surface area contributed by atoms with Gasteiger partial charge in [-0.1, -0.05) is 0 Å². The fraction of sp³-hybridized carbons (Fsp3) is 0.500. The topological polar surface area (TPSA) is 50.8 Å². The van der Waals surface area contributed by atoms with Crippen LogP contribution in [0, 0.1) is 11.3 Å². The van der Waals surface area contributed by atoms with Crippen molar-refractivity contribution in [1.29, 1.82) is 5.26 Å². The maximum absolute atomic E-state index is 8.73. The molecule has 4 nitrogen and oxygen atoms in total. The summed E-state index contributed by atoms with van der Waals surface area (Å²) in [6.45, 7) is 1.27. The number of hydrogen-bond donors (Lipinski definition) is 0. The lowest BCUT2D eigenvalue weighted by molar-refractivity contribution is 0.109. The van der Waals surface area contributed by atoms with Crippen LogP contribution in [0.4, 0.5) is 0 Å². The van der Waals surface area contributed by atoms with Crippen molar-refractivity contribution in [3.63, 3.8) is 0 Å². The van der Waals surface area contributed by atoms with Gasteiger partial charge < -0.3 is 4.74 Å². The van der Waals surface area contributed by atoms with E-state index < -0.39 is 0 Å². The van der Waals surface area contributed by atoms with E-state index in [9.17, 15) is 0 Å². The van der Waals surface area contributed by atoms with Crippen molar-refractivity contribution in [3.05, 3.63) is 17.0 Å². The largest absolute Gasteiger partial charge is 0.376 e. The lowest BCUT2D eigenvalue weighted by atomic mass is 10.1. The van der Waals surface area contributed by atoms with E-state index >= 15 is 0 Å². The first kappa shape index (κ1) is 7.32. The minimum Gasteiger partial charge on any atom is -0.376 e. The van der Waals surface area contributed by atoms with E-state index in [2.05, 4.69) is 11.2 Å². The first-order valence-electron chi connectivity index (χ1n) is 3.85. The highest BCUT2D eigenvalue weighted by atomic mass is 16.5. The van der Waals surface area contributed by atoms with E-state index in [-0.39, 0.29) is 0 Å². The van der Waals surface area contributed by atoms with Crippen molar-refractivity contribution in [2.75, 3.05) is 6.61 Å². The van der Waals surface area contributed by atoms with Crippen LogP contribution in [0.5, 0.6) is 0 Å². The van der Waals surface area contributed by atoms with Gasteiger partial charge in [0.2, 0.25) is 0 Å². The van der Waals surface area contributed by atoms with Crippen LogP contribution in [0.1, 0.15) is 17.0 Å². The monoisotopic (exact) mass is 163 g/mol. The van der Waals surface area contributed by atoms with Crippen molar-refractivity contribution < 1.29 is 4.74 Å². The Morgan fingerprint density at radius 2 is 2.50 bits per heavy atom. The fourth-order valence-electron chi connectivity index (χ4n) is 1.50. The highest BCUT2D eigenvalue weighted by molar-refractivity contribution is 5.35. The molecule has 2 rings (SSSR count). The number of nitrogens with zero attached hydrogens (tertiary/aromatic N) is 3. The second-order valence-electron chi connectivity index (χ2n) is 2.81. The summed E-state index contributed by atoms with van der Waals surface area (Å²) in [5.41, 5.74) is 2.61.